The van der Waals surface area contributed by atoms with Crippen LogP contribution in [0.1, 0.15) is 27.2 Å². The number of alkyl carbamates (subject to hydrolysis) is 1. The molecule has 0 aliphatic rings. The van der Waals surface area contributed by atoms with Gasteiger partial charge in [-0.3, -0.25) is 4.79 Å². The Balaban J connectivity index is 1.94. The number of esters is 1. The van der Waals surface area contributed by atoms with E-state index in [1.807, 2.05) is 30.3 Å². The van der Waals surface area contributed by atoms with E-state index < -0.39 is 29.6 Å². The number of carbonyl (C=O) groups excluding carboxylic acids is 3. The lowest BCUT2D eigenvalue weighted by molar-refractivity contribution is -0.144. The predicted octanol–water partition coefficient (Wildman–Crippen LogP) is 3.87. The lowest BCUT2D eigenvalue weighted by atomic mass is 10.2. The maximum absolute atomic E-state index is 12.3. The van der Waals surface area contributed by atoms with Gasteiger partial charge in [-0.15, -0.1) is 0 Å². The average molecular weight is 414 g/mol. The number of methoxy groups -OCH3 is 1. The van der Waals surface area contributed by atoms with E-state index in [9.17, 15) is 14.4 Å². The van der Waals surface area contributed by atoms with Crippen LogP contribution in [-0.4, -0.2) is 36.7 Å². The number of benzene rings is 2. The van der Waals surface area contributed by atoms with Gasteiger partial charge in [-0.1, -0.05) is 18.2 Å². The van der Waals surface area contributed by atoms with Crippen molar-refractivity contribution in [2.75, 3.05) is 12.4 Å². The maximum atomic E-state index is 12.3. The minimum Gasteiger partial charge on any atom is -0.467 e. The molecule has 0 fully saturated rings. The van der Waals surface area contributed by atoms with E-state index in [4.69, 9.17) is 9.47 Å². The molecule has 0 heterocycles. The van der Waals surface area contributed by atoms with E-state index in [0.29, 0.717) is 17.2 Å². The van der Waals surface area contributed by atoms with Crippen molar-refractivity contribution in [1.82, 2.24) is 5.32 Å². The van der Waals surface area contributed by atoms with Gasteiger partial charge in [0.2, 0.25) is 5.91 Å². The Morgan fingerprint density at radius 3 is 2.10 bits per heavy atom. The van der Waals surface area contributed by atoms with Crippen molar-refractivity contribution in [3.05, 3.63) is 54.6 Å². The molecule has 0 bridgehead atoms. The van der Waals surface area contributed by atoms with Gasteiger partial charge in [-0.05, 0) is 57.2 Å². The molecule has 2 aromatic rings. The molecule has 0 saturated heterocycles. The standard InChI is InChI=1S/C22H26N2O6/c1-22(2,3)30-21(27)24-18(20(26)28-4)14-19(25)23-15-10-12-17(13-11-15)29-16-8-6-5-7-9-16/h5-13,18H,14H2,1-4H3,(H,23,25)(H,24,27)/t18-/m0/s1. The third-order valence-electron chi connectivity index (χ3n) is 3.68. The molecule has 0 radical (unpaired) electrons. The second kappa shape index (κ2) is 10.3. The first kappa shape index (κ1) is 22.7. The van der Waals surface area contributed by atoms with Crippen molar-refractivity contribution in [1.29, 1.82) is 0 Å². The first-order valence-electron chi connectivity index (χ1n) is 9.36. The van der Waals surface area contributed by atoms with Crippen LogP contribution in [0.5, 0.6) is 11.5 Å². The molecule has 2 aromatic carbocycles. The molecule has 2 N–H and O–H groups in total. The first-order valence-corrected chi connectivity index (χ1v) is 9.36. The summed E-state index contributed by atoms with van der Waals surface area (Å²) in [5.74, 6) is 0.0856. The fourth-order valence-corrected chi connectivity index (χ4v) is 2.41. The molecule has 8 heteroatoms. The minimum absolute atomic E-state index is 0.311. The molecular weight excluding hydrogens is 388 g/mol. The third kappa shape index (κ3) is 7.83. The quantitative estimate of drug-likeness (QED) is 0.667. The highest BCUT2D eigenvalue weighted by Crippen LogP contribution is 2.22. The summed E-state index contributed by atoms with van der Waals surface area (Å²) in [5.41, 5.74) is -0.224. The first-order chi connectivity index (χ1) is 14.2. The van der Waals surface area contributed by atoms with Crippen molar-refractivity contribution in [3.63, 3.8) is 0 Å². The Morgan fingerprint density at radius 2 is 1.53 bits per heavy atom. The zero-order chi connectivity index (χ0) is 22.1. The van der Waals surface area contributed by atoms with E-state index >= 15 is 0 Å². The van der Waals surface area contributed by atoms with Gasteiger partial charge in [0.1, 0.15) is 23.1 Å². The van der Waals surface area contributed by atoms with Crippen LogP contribution in [0.15, 0.2) is 54.6 Å². The number of rotatable bonds is 7. The smallest absolute Gasteiger partial charge is 0.408 e. The largest absolute Gasteiger partial charge is 0.467 e. The van der Waals surface area contributed by atoms with E-state index in [0.717, 1.165) is 0 Å². The van der Waals surface area contributed by atoms with Crippen LogP contribution in [0, 0.1) is 0 Å². The fraction of sp³-hybridized carbons (Fsp3) is 0.318. The number of nitrogens with one attached hydrogen (secondary N) is 2. The highest BCUT2D eigenvalue weighted by atomic mass is 16.6. The van der Waals surface area contributed by atoms with Crippen LogP contribution in [-0.2, 0) is 19.1 Å². The number of hydrogen-bond donors (Lipinski definition) is 2. The SMILES string of the molecule is COC(=O)[C@H](CC(=O)Nc1ccc(Oc2ccccc2)cc1)NC(=O)OC(C)(C)C. The molecule has 0 unspecified atom stereocenters. The second-order valence-electron chi connectivity index (χ2n) is 7.41. The van der Waals surface area contributed by atoms with E-state index in [1.54, 1.807) is 45.0 Å². The van der Waals surface area contributed by atoms with Gasteiger partial charge in [0, 0.05) is 5.69 Å². The number of carbonyl (C=O) groups is 3. The average Bonchev–Trinajstić information content (AvgIpc) is 2.67. The number of amides is 2. The van der Waals surface area contributed by atoms with Crippen molar-refractivity contribution in [3.8, 4) is 11.5 Å². The highest BCUT2D eigenvalue weighted by Gasteiger charge is 2.27. The van der Waals surface area contributed by atoms with Crippen molar-refractivity contribution < 1.29 is 28.6 Å². The molecule has 160 valence electrons. The monoisotopic (exact) mass is 414 g/mol. The molecule has 2 rings (SSSR count). The Labute approximate surface area is 175 Å². The van der Waals surface area contributed by atoms with Crippen molar-refractivity contribution >= 4 is 23.7 Å². The minimum atomic E-state index is -1.18. The topological polar surface area (TPSA) is 103 Å². The molecule has 0 spiro atoms. The summed E-state index contributed by atoms with van der Waals surface area (Å²) in [7, 11) is 1.18. The van der Waals surface area contributed by atoms with Gasteiger partial charge in [-0.2, -0.15) is 0 Å². The lowest BCUT2D eigenvalue weighted by Crippen LogP contribution is -2.45. The Hall–Kier alpha value is -3.55. The van der Waals surface area contributed by atoms with Crippen LogP contribution in [0.4, 0.5) is 10.5 Å². The second-order valence-corrected chi connectivity index (χ2v) is 7.41. The summed E-state index contributed by atoms with van der Waals surface area (Å²) < 4.78 is 15.5. The van der Waals surface area contributed by atoms with Crippen LogP contribution in [0.2, 0.25) is 0 Å². The molecule has 0 aromatic heterocycles. The molecule has 0 aliphatic heterocycles. The van der Waals surface area contributed by atoms with Crippen molar-refractivity contribution in [2.24, 2.45) is 0 Å². The molecule has 0 saturated carbocycles. The van der Waals surface area contributed by atoms with Gasteiger partial charge >= 0.3 is 12.1 Å². The summed E-state index contributed by atoms with van der Waals surface area (Å²) in [5, 5.41) is 5.03. The van der Waals surface area contributed by atoms with Crippen LogP contribution in [0.3, 0.4) is 0 Å². The summed E-state index contributed by atoms with van der Waals surface area (Å²) in [6.45, 7) is 5.08. The predicted molar refractivity (Wildman–Crippen MR) is 111 cm³/mol. The number of anilines is 1. The summed E-state index contributed by atoms with van der Waals surface area (Å²) in [4.78, 5) is 36.2. The highest BCUT2D eigenvalue weighted by molar-refractivity contribution is 5.95. The molecule has 1 atom stereocenters. The molecule has 0 aliphatic carbocycles. The van der Waals surface area contributed by atoms with Gasteiger partial charge in [-0.25, -0.2) is 9.59 Å². The van der Waals surface area contributed by atoms with Crippen molar-refractivity contribution in [2.45, 2.75) is 38.8 Å². The van der Waals surface area contributed by atoms with Gasteiger partial charge < -0.3 is 24.8 Å². The van der Waals surface area contributed by atoms with E-state index in [2.05, 4.69) is 15.4 Å². The van der Waals surface area contributed by atoms with E-state index in [-0.39, 0.29) is 6.42 Å². The Bertz CT molecular complexity index is 859. The zero-order valence-electron chi connectivity index (χ0n) is 17.4. The van der Waals surface area contributed by atoms with Gasteiger partial charge in [0.05, 0.1) is 13.5 Å². The third-order valence-corrected chi connectivity index (χ3v) is 3.68. The number of para-hydroxylation sites is 1. The summed E-state index contributed by atoms with van der Waals surface area (Å²) in [6, 6.07) is 14.9. The molecule has 30 heavy (non-hydrogen) atoms. The van der Waals surface area contributed by atoms with Crippen LogP contribution < -0.4 is 15.4 Å². The van der Waals surface area contributed by atoms with Crippen LogP contribution in [0.25, 0.3) is 0 Å². The molecule has 2 amide bonds. The van der Waals surface area contributed by atoms with Gasteiger partial charge in [0.15, 0.2) is 0 Å². The maximum Gasteiger partial charge on any atom is 0.408 e. The number of ether oxygens (including phenoxy) is 3. The zero-order valence-corrected chi connectivity index (χ0v) is 17.4. The van der Waals surface area contributed by atoms with Gasteiger partial charge in [0.25, 0.3) is 0 Å². The lowest BCUT2D eigenvalue weighted by Gasteiger charge is -2.22. The Kier molecular flexibility index (Phi) is 7.80. The summed E-state index contributed by atoms with van der Waals surface area (Å²) in [6.07, 6.45) is -1.12. The Morgan fingerprint density at radius 1 is 0.933 bits per heavy atom. The molecule has 8 nitrogen and oxygen atoms in total. The number of hydrogen-bond acceptors (Lipinski definition) is 6. The summed E-state index contributed by atoms with van der Waals surface area (Å²) >= 11 is 0. The normalized spacial score (nSPS) is 11.7. The fourth-order valence-electron chi connectivity index (χ4n) is 2.41. The molecular formula is C22H26N2O6. The van der Waals surface area contributed by atoms with E-state index in [1.165, 1.54) is 7.11 Å². The van der Waals surface area contributed by atoms with Crippen LogP contribution >= 0.6 is 0 Å².